The summed E-state index contributed by atoms with van der Waals surface area (Å²) in [4.78, 5) is 0. The maximum atomic E-state index is 2.57. The lowest BCUT2D eigenvalue weighted by atomic mass is 9.84. The minimum absolute atomic E-state index is 0.618. The van der Waals surface area contributed by atoms with Gasteiger partial charge in [-0.25, -0.2) is 0 Å². The Morgan fingerprint density at radius 1 is 0.349 bits per heavy atom. The second kappa shape index (κ2) is 15.6. The molecular formula is C60H48N2Si. The molecule has 63 heavy (non-hydrogen) atoms. The molecule has 0 bridgehead atoms. The summed E-state index contributed by atoms with van der Waals surface area (Å²) in [6.07, 6.45) is 6.55. The van der Waals surface area contributed by atoms with Crippen LogP contribution in [-0.2, 0) is 0 Å². The van der Waals surface area contributed by atoms with Crippen molar-refractivity contribution in [3.05, 3.63) is 230 Å². The van der Waals surface area contributed by atoms with Gasteiger partial charge >= 0.3 is 0 Å². The van der Waals surface area contributed by atoms with E-state index < -0.39 is 8.07 Å². The van der Waals surface area contributed by atoms with E-state index in [1.165, 1.54) is 125 Å². The van der Waals surface area contributed by atoms with E-state index in [1.807, 2.05) is 0 Å². The van der Waals surface area contributed by atoms with Gasteiger partial charge in [-0.1, -0.05) is 213 Å². The van der Waals surface area contributed by atoms with Gasteiger partial charge in [0, 0.05) is 27.1 Å². The molecule has 0 spiro atoms. The SMILES string of the molecule is c1ccc([Si](c2ccccc2)(c2ccccc2)c2cccc(-c3ccccc3-n3c4ccccc4c4cccc(-n5c6ccccc6c6ccc(C7CCCCC7)cc65)c43)c2)cc1. The Hall–Kier alpha value is -7.20. The Kier molecular flexibility index (Phi) is 9.30. The fraction of sp³-hybridized carbons (Fsp3) is 0.100. The smallest absolute Gasteiger partial charge is 0.179 e. The summed E-state index contributed by atoms with van der Waals surface area (Å²) in [6.45, 7) is 0. The van der Waals surface area contributed by atoms with E-state index in [2.05, 4.69) is 234 Å². The summed E-state index contributed by atoms with van der Waals surface area (Å²) < 4.78 is 5.13. The van der Waals surface area contributed by atoms with Crippen molar-refractivity contribution in [2.45, 2.75) is 38.0 Å². The van der Waals surface area contributed by atoms with E-state index in [0.29, 0.717) is 5.92 Å². The highest BCUT2D eigenvalue weighted by Gasteiger charge is 2.41. The van der Waals surface area contributed by atoms with Crippen LogP contribution in [-0.4, -0.2) is 17.2 Å². The molecule has 0 aliphatic heterocycles. The van der Waals surface area contributed by atoms with Crippen molar-refractivity contribution in [2.75, 3.05) is 0 Å². The van der Waals surface area contributed by atoms with Crippen molar-refractivity contribution in [1.29, 1.82) is 0 Å². The van der Waals surface area contributed by atoms with Crippen LogP contribution in [0.5, 0.6) is 0 Å². The summed E-state index contributed by atoms with van der Waals surface area (Å²) in [5, 5.41) is 10.6. The van der Waals surface area contributed by atoms with Crippen molar-refractivity contribution in [1.82, 2.24) is 9.13 Å². The van der Waals surface area contributed by atoms with Crippen LogP contribution in [0, 0.1) is 0 Å². The lowest BCUT2D eigenvalue weighted by Gasteiger charge is -2.34. The Morgan fingerprint density at radius 3 is 1.54 bits per heavy atom. The number of benzene rings is 9. The van der Waals surface area contributed by atoms with Gasteiger partial charge in [0.2, 0.25) is 0 Å². The molecule has 302 valence electrons. The summed E-state index contributed by atoms with van der Waals surface area (Å²) in [5.74, 6) is 0.618. The largest absolute Gasteiger partial charge is 0.307 e. The third-order valence-corrected chi connectivity index (χ3v) is 18.8. The predicted molar refractivity (Wildman–Crippen MR) is 270 cm³/mol. The molecule has 3 heteroatoms. The van der Waals surface area contributed by atoms with Gasteiger partial charge in [-0.15, -0.1) is 0 Å². The van der Waals surface area contributed by atoms with Crippen molar-refractivity contribution >= 4 is 72.4 Å². The van der Waals surface area contributed by atoms with Gasteiger partial charge < -0.3 is 9.13 Å². The Bertz CT molecular complexity index is 3330. The second-order valence-electron chi connectivity index (χ2n) is 17.4. The van der Waals surface area contributed by atoms with Crippen molar-refractivity contribution in [3.8, 4) is 22.5 Å². The number of fused-ring (bicyclic) bond motifs is 6. The van der Waals surface area contributed by atoms with Gasteiger partial charge in [0.1, 0.15) is 0 Å². The van der Waals surface area contributed by atoms with Crippen molar-refractivity contribution in [2.24, 2.45) is 0 Å². The van der Waals surface area contributed by atoms with Crippen molar-refractivity contribution in [3.63, 3.8) is 0 Å². The molecule has 0 amide bonds. The Balaban J connectivity index is 1.12. The Morgan fingerprint density at radius 2 is 0.857 bits per heavy atom. The van der Waals surface area contributed by atoms with Gasteiger partial charge in [-0.05, 0) is 81.0 Å². The van der Waals surface area contributed by atoms with Crippen LogP contribution in [0.2, 0.25) is 0 Å². The standard InChI is InChI=1S/C60H48N2Si/c1-5-21-43(22-6-1)44-39-40-53-51-32-14-17-36-56(51)61(59(53)42-44)58-38-20-34-54-52-33-15-18-37-57(52)62(60(54)58)55-35-16-13-31-50(55)45-23-19-30-49(41-45)63(46-24-7-2-8-25-46,47-26-9-3-10-27-47)48-28-11-4-12-29-48/h2-4,7-20,23-43H,1,5-6,21-22H2. The van der Waals surface area contributed by atoms with Gasteiger partial charge in [-0.3, -0.25) is 0 Å². The van der Waals surface area contributed by atoms with Crippen molar-refractivity contribution < 1.29 is 0 Å². The van der Waals surface area contributed by atoms with Gasteiger partial charge in [-0.2, -0.15) is 0 Å². The van der Waals surface area contributed by atoms with E-state index in [9.17, 15) is 0 Å². The van der Waals surface area contributed by atoms with E-state index in [-0.39, 0.29) is 0 Å². The number of nitrogens with zero attached hydrogens (tertiary/aromatic N) is 2. The first-order chi connectivity index (χ1) is 31.3. The zero-order valence-corrected chi connectivity index (χ0v) is 36.4. The summed E-state index contributed by atoms with van der Waals surface area (Å²) in [5.41, 5.74) is 11.2. The molecule has 2 nitrogen and oxygen atoms in total. The predicted octanol–water partition coefficient (Wildman–Crippen LogP) is 13.0. The maximum Gasteiger partial charge on any atom is 0.179 e. The minimum atomic E-state index is -2.76. The average molecular weight is 825 g/mol. The molecule has 0 atom stereocenters. The van der Waals surface area contributed by atoms with Gasteiger partial charge in [0.05, 0.1) is 33.4 Å². The van der Waals surface area contributed by atoms with E-state index in [1.54, 1.807) is 0 Å². The molecule has 1 aliphatic rings. The zero-order valence-electron chi connectivity index (χ0n) is 35.4. The van der Waals surface area contributed by atoms with Gasteiger partial charge in [0.25, 0.3) is 0 Å². The highest BCUT2D eigenvalue weighted by Crippen LogP contribution is 2.42. The van der Waals surface area contributed by atoms with Crippen LogP contribution in [0.4, 0.5) is 0 Å². The van der Waals surface area contributed by atoms with E-state index in [0.717, 1.165) is 0 Å². The number of aromatic nitrogens is 2. The van der Waals surface area contributed by atoms with Crippen LogP contribution in [0.3, 0.4) is 0 Å². The molecule has 12 rings (SSSR count). The number of para-hydroxylation sites is 4. The van der Waals surface area contributed by atoms with Crippen LogP contribution in [0.25, 0.3) is 66.1 Å². The molecule has 2 aromatic heterocycles. The molecule has 0 N–H and O–H groups in total. The summed E-state index contributed by atoms with van der Waals surface area (Å²) >= 11 is 0. The zero-order chi connectivity index (χ0) is 41.7. The number of rotatable bonds is 8. The number of hydrogen-bond acceptors (Lipinski definition) is 0. The summed E-state index contributed by atoms with van der Waals surface area (Å²) in [7, 11) is -2.76. The first-order valence-electron chi connectivity index (χ1n) is 22.7. The molecule has 1 fully saturated rings. The molecule has 11 aromatic rings. The average Bonchev–Trinajstić information content (AvgIpc) is 3.88. The topological polar surface area (TPSA) is 9.86 Å². The number of hydrogen-bond donors (Lipinski definition) is 0. The lowest BCUT2D eigenvalue weighted by molar-refractivity contribution is 0.444. The quantitative estimate of drug-likeness (QED) is 0.107. The highest BCUT2D eigenvalue weighted by atomic mass is 28.3. The van der Waals surface area contributed by atoms with Crippen LogP contribution in [0.1, 0.15) is 43.6 Å². The molecule has 9 aromatic carbocycles. The first kappa shape index (κ1) is 37.5. The molecule has 2 heterocycles. The first-order valence-corrected chi connectivity index (χ1v) is 24.7. The van der Waals surface area contributed by atoms with E-state index >= 15 is 0 Å². The van der Waals surface area contributed by atoms with Crippen LogP contribution < -0.4 is 20.7 Å². The molecule has 1 aliphatic carbocycles. The second-order valence-corrected chi connectivity index (χ2v) is 21.2. The van der Waals surface area contributed by atoms with Gasteiger partial charge in [0.15, 0.2) is 8.07 Å². The Labute approximate surface area is 370 Å². The molecule has 0 radical (unpaired) electrons. The monoisotopic (exact) mass is 824 g/mol. The molecular weight excluding hydrogens is 777 g/mol. The maximum absolute atomic E-state index is 2.76. The third kappa shape index (κ3) is 6.06. The third-order valence-electron chi connectivity index (χ3n) is 14.1. The fourth-order valence-electron chi connectivity index (χ4n) is 11.3. The normalized spacial score (nSPS) is 13.7. The van der Waals surface area contributed by atoms with Crippen LogP contribution in [0.15, 0.2) is 224 Å². The summed E-state index contributed by atoms with van der Waals surface area (Å²) in [6, 6.07) is 84.5. The molecule has 1 saturated carbocycles. The lowest BCUT2D eigenvalue weighted by Crippen LogP contribution is -2.74. The highest BCUT2D eigenvalue weighted by molar-refractivity contribution is 7.19. The molecule has 0 unspecified atom stereocenters. The van der Waals surface area contributed by atoms with Crippen LogP contribution >= 0.6 is 0 Å². The van der Waals surface area contributed by atoms with E-state index in [4.69, 9.17) is 0 Å². The molecule has 0 saturated heterocycles. The minimum Gasteiger partial charge on any atom is -0.307 e. The fourth-order valence-corrected chi connectivity index (χ4v) is 16.1.